The van der Waals surface area contributed by atoms with Gasteiger partial charge < -0.3 is 9.47 Å². The number of hydrogen-bond donors (Lipinski definition) is 0. The molecule has 17 heavy (non-hydrogen) atoms. The Balaban J connectivity index is 3.09. The second-order valence-corrected chi connectivity index (χ2v) is 3.68. The van der Waals surface area contributed by atoms with Crippen molar-refractivity contribution >= 4 is 12.0 Å². The third-order valence-corrected chi connectivity index (χ3v) is 2.37. The van der Waals surface area contributed by atoms with E-state index in [0.717, 1.165) is 11.3 Å². The highest BCUT2D eigenvalue weighted by Crippen LogP contribution is 2.23. The molecule has 1 rings (SSSR count). The van der Waals surface area contributed by atoms with Gasteiger partial charge in [-0.15, -0.1) is 0 Å². The van der Waals surface area contributed by atoms with Crippen LogP contribution in [0.15, 0.2) is 5.57 Å². The zero-order valence-electron chi connectivity index (χ0n) is 10.9. The molecule has 0 atom stereocenters. The molecule has 0 aliphatic heterocycles. The van der Waals surface area contributed by atoms with Crippen LogP contribution in [0.2, 0.25) is 0 Å². The van der Waals surface area contributed by atoms with E-state index in [-0.39, 0.29) is 5.97 Å². The maximum Gasteiger partial charge on any atom is 0.333 e. The van der Waals surface area contributed by atoms with Gasteiger partial charge in [-0.1, -0.05) is 0 Å². The molecule has 0 amide bonds. The Hall–Kier alpha value is -1.78. The van der Waals surface area contributed by atoms with Crippen LogP contribution >= 0.6 is 0 Å². The zero-order chi connectivity index (χ0) is 13.0. The van der Waals surface area contributed by atoms with Gasteiger partial charge in [0.2, 0.25) is 5.88 Å². The number of methoxy groups -OCH3 is 1. The van der Waals surface area contributed by atoms with E-state index in [2.05, 4.69) is 5.10 Å². The summed E-state index contributed by atoms with van der Waals surface area (Å²) in [5, 5.41) is 4.24. The smallest absolute Gasteiger partial charge is 0.333 e. The molecule has 0 spiro atoms. The standard InChI is InChI=1S/C12H18N2O3/c1-6-17-12(15)8(2)7-10-9(3)13-14(4)11(10)16-5/h7H,6H2,1-5H3. The second kappa shape index (κ2) is 5.52. The molecular formula is C12H18N2O3. The first-order valence-corrected chi connectivity index (χ1v) is 5.44. The molecule has 0 fully saturated rings. The van der Waals surface area contributed by atoms with Crippen LogP contribution in [0.3, 0.4) is 0 Å². The van der Waals surface area contributed by atoms with Gasteiger partial charge in [0.15, 0.2) is 0 Å². The lowest BCUT2D eigenvalue weighted by atomic mass is 10.1. The summed E-state index contributed by atoms with van der Waals surface area (Å²) < 4.78 is 11.8. The van der Waals surface area contributed by atoms with Gasteiger partial charge in [0.25, 0.3) is 0 Å². The molecule has 1 aromatic heterocycles. The van der Waals surface area contributed by atoms with E-state index in [9.17, 15) is 4.79 Å². The van der Waals surface area contributed by atoms with Crippen LogP contribution in [0.25, 0.3) is 6.08 Å². The molecule has 0 saturated carbocycles. The Kier molecular flexibility index (Phi) is 4.31. The molecule has 5 nitrogen and oxygen atoms in total. The first-order chi connectivity index (χ1) is 8.01. The van der Waals surface area contributed by atoms with Crippen LogP contribution in [-0.4, -0.2) is 29.5 Å². The van der Waals surface area contributed by atoms with Crippen LogP contribution in [0.4, 0.5) is 0 Å². The number of carbonyl (C=O) groups excluding carboxylic acids is 1. The van der Waals surface area contributed by atoms with Gasteiger partial charge in [0, 0.05) is 12.6 Å². The predicted octanol–water partition coefficient (Wildman–Crippen LogP) is 1.70. The van der Waals surface area contributed by atoms with E-state index in [4.69, 9.17) is 9.47 Å². The summed E-state index contributed by atoms with van der Waals surface area (Å²) in [6, 6.07) is 0. The van der Waals surface area contributed by atoms with E-state index in [0.29, 0.717) is 18.1 Å². The average Bonchev–Trinajstić information content (AvgIpc) is 2.53. The van der Waals surface area contributed by atoms with Crippen LogP contribution in [0, 0.1) is 6.92 Å². The van der Waals surface area contributed by atoms with Crippen LogP contribution in [-0.2, 0) is 16.6 Å². The lowest BCUT2D eigenvalue weighted by Gasteiger charge is -2.03. The largest absolute Gasteiger partial charge is 0.481 e. The minimum Gasteiger partial charge on any atom is -0.481 e. The van der Waals surface area contributed by atoms with Gasteiger partial charge in [-0.25, -0.2) is 9.48 Å². The van der Waals surface area contributed by atoms with Crippen molar-refractivity contribution in [1.82, 2.24) is 9.78 Å². The highest BCUT2D eigenvalue weighted by atomic mass is 16.5. The number of hydrogen-bond acceptors (Lipinski definition) is 4. The Bertz CT molecular complexity index is 447. The quantitative estimate of drug-likeness (QED) is 0.592. The highest BCUT2D eigenvalue weighted by molar-refractivity contribution is 5.93. The Morgan fingerprint density at radius 3 is 2.71 bits per heavy atom. The van der Waals surface area contributed by atoms with Gasteiger partial charge in [-0.3, -0.25) is 0 Å². The molecule has 0 saturated heterocycles. The number of ether oxygens (including phenoxy) is 2. The van der Waals surface area contributed by atoms with Crippen LogP contribution < -0.4 is 4.74 Å². The third-order valence-electron chi connectivity index (χ3n) is 2.37. The first kappa shape index (κ1) is 13.3. The number of esters is 1. The van der Waals surface area contributed by atoms with E-state index in [1.807, 2.05) is 6.92 Å². The Labute approximate surface area is 101 Å². The summed E-state index contributed by atoms with van der Waals surface area (Å²) >= 11 is 0. The van der Waals surface area contributed by atoms with E-state index in [1.165, 1.54) is 0 Å². The van der Waals surface area contributed by atoms with Crippen LogP contribution in [0.1, 0.15) is 25.1 Å². The number of aryl methyl sites for hydroxylation is 2. The van der Waals surface area contributed by atoms with Crippen molar-refractivity contribution in [3.63, 3.8) is 0 Å². The van der Waals surface area contributed by atoms with Crippen molar-refractivity contribution in [1.29, 1.82) is 0 Å². The number of carbonyl (C=O) groups is 1. The van der Waals surface area contributed by atoms with Gasteiger partial charge in [0.05, 0.1) is 25.0 Å². The minimum atomic E-state index is -0.321. The molecular weight excluding hydrogens is 220 g/mol. The van der Waals surface area contributed by atoms with E-state index >= 15 is 0 Å². The summed E-state index contributed by atoms with van der Waals surface area (Å²) in [7, 11) is 3.37. The normalized spacial score (nSPS) is 11.5. The topological polar surface area (TPSA) is 53.3 Å². The van der Waals surface area contributed by atoms with Crippen molar-refractivity contribution in [2.45, 2.75) is 20.8 Å². The number of aromatic nitrogens is 2. The Morgan fingerprint density at radius 1 is 1.53 bits per heavy atom. The van der Waals surface area contributed by atoms with E-state index < -0.39 is 0 Å². The molecule has 0 N–H and O–H groups in total. The fourth-order valence-corrected chi connectivity index (χ4v) is 1.58. The molecule has 5 heteroatoms. The number of nitrogens with zero attached hydrogens (tertiary/aromatic N) is 2. The number of rotatable bonds is 4. The summed E-state index contributed by atoms with van der Waals surface area (Å²) in [6.45, 7) is 5.73. The first-order valence-electron chi connectivity index (χ1n) is 5.44. The molecule has 0 aliphatic rings. The monoisotopic (exact) mass is 238 g/mol. The van der Waals surface area contributed by atoms with Crippen molar-refractivity contribution in [3.05, 3.63) is 16.8 Å². The van der Waals surface area contributed by atoms with Crippen molar-refractivity contribution in [2.24, 2.45) is 7.05 Å². The van der Waals surface area contributed by atoms with Crippen molar-refractivity contribution in [3.8, 4) is 5.88 Å². The van der Waals surface area contributed by atoms with Crippen molar-refractivity contribution in [2.75, 3.05) is 13.7 Å². The summed E-state index contributed by atoms with van der Waals surface area (Å²) in [4.78, 5) is 11.5. The molecule has 1 aromatic rings. The van der Waals surface area contributed by atoms with Gasteiger partial charge in [0.1, 0.15) is 0 Å². The zero-order valence-corrected chi connectivity index (χ0v) is 10.9. The molecule has 0 bridgehead atoms. The van der Waals surface area contributed by atoms with Gasteiger partial charge in [-0.2, -0.15) is 5.10 Å². The minimum absolute atomic E-state index is 0.321. The SMILES string of the molecule is CCOC(=O)C(C)=Cc1c(C)nn(C)c1OC. The molecule has 0 aromatic carbocycles. The molecule has 0 radical (unpaired) electrons. The van der Waals surface area contributed by atoms with Crippen molar-refractivity contribution < 1.29 is 14.3 Å². The lowest BCUT2D eigenvalue weighted by Crippen LogP contribution is -2.05. The third kappa shape index (κ3) is 2.87. The van der Waals surface area contributed by atoms with Crippen LogP contribution in [0.5, 0.6) is 5.88 Å². The maximum atomic E-state index is 11.5. The second-order valence-electron chi connectivity index (χ2n) is 3.68. The fraction of sp³-hybridized carbons (Fsp3) is 0.500. The van der Waals surface area contributed by atoms with Gasteiger partial charge >= 0.3 is 5.97 Å². The lowest BCUT2D eigenvalue weighted by molar-refractivity contribution is -0.138. The molecule has 94 valence electrons. The average molecular weight is 238 g/mol. The maximum absolute atomic E-state index is 11.5. The predicted molar refractivity (Wildman–Crippen MR) is 64.8 cm³/mol. The highest BCUT2D eigenvalue weighted by Gasteiger charge is 2.14. The summed E-state index contributed by atoms with van der Waals surface area (Å²) in [6.07, 6.45) is 1.74. The molecule has 0 aliphatic carbocycles. The summed E-state index contributed by atoms with van der Waals surface area (Å²) in [5.41, 5.74) is 2.15. The fourth-order valence-electron chi connectivity index (χ4n) is 1.58. The Morgan fingerprint density at radius 2 is 2.18 bits per heavy atom. The van der Waals surface area contributed by atoms with Gasteiger partial charge in [-0.05, 0) is 26.8 Å². The summed E-state index contributed by atoms with van der Waals surface area (Å²) in [5.74, 6) is 0.309. The molecule has 0 unspecified atom stereocenters. The molecule has 1 heterocycles. The van der Waals surface area contributed by atoms with E-state index in [1.54, 1.807) is 38.8 Å².